The summed E-state index contributed by atoms with van der Waals surface area (Å²) in [7, 11) is 0. The number of aryl methyl sites for hydroxylation is 1. The predicted octanol–water partition coefficient (Wildman–Crippen LogP) is 2.50. The van der Waals surface area contributed by atoms with Crippen molar-refractivity contribution in [3.05, 3.63) is 59.9 Å². The van der Waals surface area contributed by atoms with Gasteiger partial charge in [0.25, 0.3) is 5.91 Å². The number of para-hydroxylation sites is 1. The van der Waals surface area contributed by atoms with Crippen LogP contribution < -0.4 is 4.74 Å². The van der Waals surface area contributed by atoms with Gasteiger partial charge < -0.3 is 9.64 Å². The Morgan fingerprint density at radius 1 is 1.12 bits per heavy atom. The molecule has 0 spiro atoms. The molecule has 0 radical (unpaired) electrons. The quantitative estimate of drug-likeness (QED) is 0.840. The molecule has 0 saturated carbocycles. The predicted molar refractivity (Wildman–Crippen MR) is 97.4 cm³/mol. The zero-order chi connectivity index (χ0) is 17.6. The lowest BCUT2D eigenvalue weighted by atomic mass is 10.2. The SMILES string of the molecule is Cc1ccccc1O[C@@H](C)C(=O)N1CCN(Cc2ccncc2)CC1. The molecule has 1 fully saturated rings. The lowest BCUT2D eigenvalue weighted by molar-refractivity contribution is -0.139. The number of aromatic nitrogens is 1. The van der Waals surface area contributed by atoms with Gasteiger partial charge in [0.15, 0.2) is 6.10 Å². The van der Waals surface area contributed by atoms with Gasteiger partial charge >= 0.3 is 0 Å². The number of pyridine rings is 1. The highest BCUT2D eigenvalue weighted by Crippen LogP contribution is 2.19. The molecule has 2 aromatic rings. The van der Waals surface area contributed by atoms with Gasteiger partial charge in [-0.1, -0.05) is 18.2 Å². The first kappa shape index (κ1) is 17.4. The Labute approximate surface area is 149 Å². The van der Waals surface area contributed by atoms with Crippen molar-refractivity contribution in [1.82, 2.24) is 14.8 Å². The van der Waals surface area contributed by atoms with E-state index in [1.807, 2.05) is 67.5 Å². The van der Waals surface area contributed by atoms with Crippen LogP contribution in [0.25, 0.3) is 0 Å². The molecule has 0 aliphatic carbocycles. The van der Waals surface area contributed by atoms with Crippen LogP contribution in [0.5, 0.6) is 5.75 Å². The van der Waals surface area contributed by atoms with E-state index in [4.69, 9.17) is 4.74 Å². The van der Waals surface area contributed by atoms with Crippen molar-refractivity contribution in [3.63, 3.8) is 0 Å². The first-order valence-electron chi connectivity index (χ1n) is 8.76. The van der Waals surface area contributed by atoms with E-state index in [1.165, 1.54) is 5.56 Å². The Hall–Kier alpha value is -2.40. The van der Waals surface area contributed by atoms with Crippen molar-refractivity contribution < 1.29 is 9.53 Å². The van der Waals surface area contributed by atoms with Crippen LogP contribution in [0.2, 0.25) is 0 Å². The smallest absolute Gasteiger partial charge is 0.263 e. The summed E-state index contributed by atoms with van der Waals surface area (Å²) in [6.07, 6.45) is 3.17. The molecule has 5 nitrogen and oxygen atoms in total. The summed E-state index contributed by atoms with van der Waals surface area (Å²) in [5.41, 5.74) is 2.30. The van der Waals surface area contributed by atoms with Crippen molar-refractivity contribution >= 4 is 5.91 Å². The molecule has 1 aliphatic rings. The van der Waals surface area contributed by atoms with E-state index in [2.05, 4.69) is 9.88 Å². The first-order chi connectivity index (χ1) is 12.1. The van der Waals surface area contributed by atoms with E-state index in [0.29, 0.717) is 0 Å². The topological polar surface area (TPSA) is 45.7 Å². The van der Waals surface area contributed by atoms with Gasteiger partial charge in [-0.05, 0) is 43.2 Å². The third-order valence-electron chi connectivity index (χ3n) is 4.58. The van der Waals surface area contributed by atoms with Crippen LogP contribution in [0.3, 0.4) is 0 Å². The second kappa shape index (κ2) is 8.12. The highest BCUT2D eigenvalue weighted by atomic mass is 16.5. The van der Waals surface area contributed by atoms with Crippen molar-refractivity contribution in [2.75, 3.05) is 26.2 Å². The molecule has 1 aromatic carbocycles. The maximum absolute atomic E-state index is 12.7. The molecule has 3 rings (SSSR count). The van der Waals surface area contributed by atoms with E-state index in [1.54, 1.807) is 0 Å². The molecule has 1 aliphatic heterocycles. The summed E-state index contributed by atoms with van der Waals surface area (Å²) in [6, 6.07) is 11.9. The third kappa shape index (κ3) is 4.57. The largest absolute Gasteiger partial charge is 0.481 e. The van der Waals surface area contributed by atoms with Crippen molar-refractivity contribution in [2.24, 2.45) is 0 Å². The lowest BCUT2D eigenvalue weighted by Gasteiger charge is -2.36. The van der Waals surface area contributed by atoms with Crippen molar-refractivity contribution in [2.45, 2.75) is 26.5 Å². The van der Waals surface area contributed by atoms with E-state index in [0.717, 1.165) is 44.0 Å². The number of amides is 1. The number of ether oxygens (including phenoxy) is 1. The number of piperazine rings is 1. The number of hydrogen-bond donors (Lipinski definition) is 0. The number of carbonyl (C=O) groups excluding carboxylic acids is 1. The van der Waals surface area contributed by atoms with Crippen LogP contribution in [0, 0.1) is 6.92 Å². The molecular formula is C20H25N3O2. The molecular weight excluding hydrogens is 314 g/mol. The monoisotopic (exact) mass is 339 g/mol. The Kier molecular flexibility index (Phi) is 5.66. The number of carbonyl (C=O) groups is 1. The zero-order valence-corrected chi connectivity index (χ0v) is 14.9. The first-order valence-corrected chi connectivity index (χ1v) is 8.76. The molecule has 5 heteroatoms. The van der Waals surface area contributed by atoms with Gasteiger partial charge in [-0.15, -0.1) is 0 Å². The van der Waals surface area contributed by atoms with Gasteiger partial charge in [-0.3, -0.25) is 14.7 Å². The third-order valence-corrected chi connectivity index (χ3v) is 4.58. The average molecular weight is 339 g/mol. The standard InChI is InChI=1S/C20H25N3O2/c1-16-5-3-4-6-19(16)25-17(2)20(24)23-13-11-22(12-14-23)15-18-7-9-21-10-8-18/h3-10,17H,11-15H2,1-2H3/t17-/m0/s1. The number of benzene rings is 1. The van der Waals surface area contributed by atoms with Crippen LogP contribution in [0.15, 0.2) is 48.8 Å². The Morgan fingerprint density at radius 2 is 1.80 bits per heavy atom. The second-order valence-corrected chi connectivity index (χ2v) is 6.48. The van der Waals surface area contributed by atoms with Gasteiger partial charge in [-0.2, -0.15) is 0 Å². The summed E-state index contributed by atoms with van der Waals surface area (Å²) >= 11 is 0. The highest BCUT2D eigenvalue weighted by Gasteiger charge is 2.26. The molecule has 1 saturated heterocycles. The summed E-state index contributed by atoms with van der Waals surface area (Å²) < 4.78 is 5.87. The van der Waals surface area contributed by atoms with Crippen LogP contribution in [-0.2, 0) is 11.3 Å². The van der Waals surface area contributed by atoms with E-state index < -0.39 is 6.10 Å². The van der Waals surface area contributed by atoms with Gasteiger partial charge in [0.1, 0.15) is 5.75 Å². The van der Waals surface area contributed by atoms with E-state index >= 15 is 0 Å². The summed E-state index contributed by atoms with van der Waals surface area (Å²) in [5.74, 6) is 0.839. The molecule has 0 bridgehead atoms. The van der Waals surface area contributed by atoms with E-state index in [-0.39, 0.29) is 5.91 Å². The van der Waals surface area contributed by atoms with Crippen molar-refractivity contribution in [1.29, 1.82) is 0 Å². The van der Waals surface area contributed by atoms with Gasteiger partial charge in [0.05, 0.1) is 0 Å². The van der Waals surface area contributed by atoms with Crippen molar-refractivity contribution in [3.8, 4) is 5.75 Å². The molecule has 1 atom stereocenters. The fourth-order valence-electron chi connectivity index (χ4n) is 3.06. The summed E-state index contributed by atoms with van der Waals surface area (Å²) in [6.45, 7) is 7.97. The van der Waals surface area contributed by atoms with Gasteiger partial charge in [-0.25, -0.2) is 0 Å². The minimum Gasteiger partial charge on any atom is -0.481 e. The van der Waals surface area contributed by atoms with Gasteiger partial charge in [0.2, 0.25) is 0 Å². The zero-order valence-electron chi connectivity index (χ0n) is 14.9. The Balaban J connectivity index is 1.50. The Morgan fingerprint density at radius 3 is 2.48 bits per heavy atom. The second-order valence-electron chi connectivity index (χ2n) is 6.48. The maximum Gasteiger partial charge on any atom is 0.263 e. The van der Waals surface area contributed by atoms with Gasteiger partial charge in [0, 0.05) is 45.1 Å². The number of nitrogens with zero attached hydrogens (tertiary/aromatic N) is 3. The summed E-state index contributed by atoms with van der Waals surface area (Å²) in [4.78, 5) is 21.0. The maximum atomic E-state index is 12.7. The molecule has 0 unspecified atom stereocenters. The fraction of sp³-hybridized carbons (Fsp3) is 0.400. The Bertz CT molecular complexity index is 697. The number of hydrogen-bond acceptors (Lipinski definition) is 4. The fourth-order valence-corrected chi connectivity index (χ4v) is 3.06. The number of rotatable bonds is 5. The molecule has 0 N–H and O–H groups in total. The molecule has 1 aromatic heterocycles. The summed E-state index contributed by atoms with van der Waals surface area (Å²) in [5, 5.41) is 0. The minimum atomic E-state index is -0.465. The molecule has 25 heavy (non-hydrogen) atoms. The normalized spacial score (nSPS) is 16.5. The van der Waals surface area contributed by atoms with Crippen LogP contribution >= 0.6 is 0 Å². The van der Waals surface area contributed by atoms with Crippen LogP contribution in [-0.4, -0.2) is 53.0 Å². The minimum absolute atomic E-state index is 0.0619. The molecule has 1 amide bonds. The molecule has 2 heterocycles. The van der Waals surface area contributed by atoms with Crippen LogP contribution in [0.1, 0.15) is 18.1 Å². The lowest BCUT2D eigenvalue weighted by Crippen LogP contribution is -2.51. The average Bonchev–Trinajstić information content (AvgIpc) is 2.64. The van der Waals surface area contributed by atoms with Crippen LogP contribution in [0.4, 0.5) is 0 Å². The molecule has 132 valence electrons. The highest BCUT2D eigenvalue weighted by molar-refractivity contribution is 5.81. The van der Waals surface area contributed by atoms with E-state index in [9.17, 15) is 4.79 Å².